The number of amides is 1. The van der Waals surface area contributed by atoms with E-state index in [1.165, 1.54) is 24.5 Å². The number of nitrogens with zero attached hydrogens (tertiary/aromatic N) is 3. The van der Waals surface area contributed by atoms with Crippen molar-refractivity contribution in [3.8, 4) is 11.7 Å². The molecule has 1 amide bonds. The number of nitrogens with one attached hydrogen (secondary N) is 1. The number of nitro groups is 1. The summed E-state index contributed by atoms with van der Waals surface area (Å²) in [6.07, 6.45) is 1.45. The predicted molar refractivity (Wildman–Crippen MR) is 77.8 cm³/mol. The summed E-state index contributed by atoms with van der Waals surface area (Å²) in [4.78, 5) is 22.5. The smallest absolute Gasteiger partial charge is 0.322 e. The predicted octanol–water partition coefficient (Wildman–Crippen LogP) is 2.80. The largest absolute Gasteiger partial charge is 0.459 e. The van der Waals surface area contributed by atoms with E-state index in [9.17, 15) is 14.9 Å². The van der Waals surface area contributed by atoms with Gasteiger partial charge in [-0.3, -0.25) is 20.2 Å². The molecule has 9 nitrogen and oxygen atoms in total. The van der Waals surface area contributed by atoms with Crippen molar-refractivity contribution in [1.82, 2.24) is 10.2 Å². The summed E-state index contributed by atoms with van der Waals surface area (Å²) in [6.45, 7) is 1.59. The number of carbonyl (C=O) groups excluding carboxylic acids is 1. The lowest BCUT2D eigenvalue weighted by molar-refractivity contribution is -0.385. The Morgan fingerprint density at radius 3 is 2.83 bits per heavy atom. The fourth-order valence-corrected chi connectivity index (χ4v) is 1.89. The first-order chi connectivity index (χ1) is 11.0. The molecule has 1 aromatic carbocycles. The van der Waals surface area contributed by atoms with Gasteiger partial charge in [-0.05, 0) is 25.1 Å². The lowest BCUT2D eigenvalue weighted by atomic mass is 10.1. The Hall–Kier alpha value is -3.49. The van der Waals surface area contributed by atoms with E-state index in [1.54, 1.807) is 19.1 Å². The highest BCUT2D eigenvalue weighted by molar-refractivity contribution is 6.03. The summed E-state index contributed by atoms with van der Waals surface area (Å²) < 4.78 is 10.3. The number of hydrogen-bond donors (Lipinski definition) is 1. The summed E-state index contributed by atoms with van der Waals surface area (Å²) in [7, 11) is 0. The first kappa shape index (κ1) is 14.4. The van der Waals surface area contributed by atoms with Gasteiger partial charge in [-0.15, -0.1) is 5.10 Å². The Kier molecular flexibility index (Phi) is 3.59. The number of aryl methyl sites for hydroxylation is 1. The van der Waals surface area contributed by atoms with E-state index in [1.807, 2.05) is 0 Å². The van der Waals surface area contributed by atoms with Crippen molar-refractivity contribution in [2.24, 2.45) is 0 Å². The molecule has 0 saturated heterocycles. The monoisotopic (exact) mass is 314 g/mol. The molecule has 0 spiro atoms. The zero-order valence-electron chi connectivity index (χ0n) is 11.8. The van der Waals surface area contributed by atoms with Gasteiger partial charge in [0.1, 0.15) is 0 Å². The number of carbonyl (C=O) groups is 1. The Morgan fingerprint density at radius 2 is 2.13 bits per heavy atom. The van der Waals surface area contributed by atoms with Crippen molar-refractivity contribution in [2.75, 3.05) is 5.32 Å². The van der Waals surface area contributed by atoms with E-state index in [-0.39, 0.29) is 23.2 Å². The van der Waals surface area contributed by atoms with E-state index in [2.05, 4.69) is 15.5 Å². The van der Waals surface area contributed by atoms with Gasteiger partial charge in [-0.25, -0.2) is 0 Å². The standard InChI is InChI=1S/C14H10N4O5/c1-8-4-5-9(7-10(8)18(20)21)12(19)15-14-17-16-13(23-14)11-3-2-6-22-11/h2-7H,1H3,(H,15,17,19). The molecule has 116 valence electrons. The van der Waals surface area contributed by atoms with E-state index < -0.39 is 10.8 Å². The number of nitro benzene ring substituents is 1. The molecule has 0 aliphatic carbocycles. The Balaban J connectivity index is 1.80. The third-order valence-electron chi connectivity index (χ3n) is 3.05. The fourth-order valence-electron chi connectivity index (χ4n) is 1.89. The van der Waals surface area contributed by atoms with Gasteiger partial charge in [-0.1, -0.05) is 11.2 Å². The normalized spacial score (nSPS) is 10.5. The van der Waals surface area contributed by atoms with Gasteiger partial charge < -0.3 is 8.83 Å². The molecule has 0 saturated carbocycles. The molecule has 0 radical (unpaired) electrons. The summed E-state index contributed by atoms with van der Waals surface area (Å²) in [5, 5.41) is 20.7. The van der Waals surface area contributed by atoms with Crippen molar-refractivity contribution in [2.45, 2.75) is 6.92 Å². The minimum absolute atomic E-state index is 0.111. The average Bonchev–Trinajstić information content (AvgIpc) is 3.18. The van der Waals surface area contributed by atoms with Crippen LogP contribution in [0.3, 0.4) is 0 Å². The van der Waals surface area contributed by atoms with Crippen LogP contribution in [0.15, 0.2) is 45.4 Å². The van der Waals surface area contributed by atoms with Crippen molar-refractivity contribution in [3.05, 3.63) is 57.8 Å². The molecule has 1 N–H and O–H groups in total. The lowest BCUT2D eigenvalue weighted by Gasteiger charge is -2.02. The van der Waals surface area contributed by atoms with Crippen LogP contribution in [0.25, 0.3) is 11.7 Å². The van der Waals surface area contributed by atoms with Gasteiger partial charge in [0.05, 0.1) is 11.2 Å². The molecule has 23 heavy (non-hydrogen) atoms. The maximum absolute atomic E-state index is 12.1. The van der Waals surface area contributed by atoms with Crippen molar-refractivity contribution >= 4 is 17.6 Å². The highest BCUT2D eigenvalue weighted by atomic mass is 16.6. The minimum atomic E-state index is -0.595. The molecule has 3 aromatic rings. The van der Waals surface area contributed by atoms with Crippen molar-refractivity contribution < 1.29 is 18.6 Å². The van der Waals surface area contributed by atoms with Gasteiger partial charge >= 0.3 is 6.01 Å². The highest BCUT2D eigenvalue weighted by Gasteiger charge is 2.17. The van der Waals surface area contributed by atoms with E-state index in [0.717, 1.165) is 0 Å². The number of hydrogen-bond acceptors (Lipinski definition) is 7. The third-order valence-corrected chi connectivity index (χ3v) is 3.05. The van der Waals surface area contributed by atoms with E-state index in [4.69, 9.17) is 8.83 Å². The van der Waals surface area contributed by atoms with Gasteiger partial charge in [-0.2, -0.15) is 0 Å². The average molecular weight is 314 g/mol. The topological polar surface area (TPSA) is 124 Å². The van der Waals surface area contributed by atoms with Gasteiger partial charge in [0, 0.05) is 17.2 Å². The molecule has 9 heteroatoms. The maximum Gasteiger partial charge on any atom is 0.322 e. The van der Waals surface area contributed by atoms with Crippen LogP contribution in [0, 0.1) is 17.0 Å². The van der Waals surface area contributed by atoms with Crippen LogP contribution < -0.4 is 5.32 Å². The minimum Gasteiger partial charge on any atom is -0.459 e. The summed E-state index contributed by atoms with van der Waals surface area (Å²) >= 11 is 0. The van der Waals surface area contributed by atoms with Crippen LogP contribution in [0.5, 0.6) is 0 Å². The first-order valence-corrected chi connectivity index (χ1v) is 6.48. The molecule has 2 aromatic heterocycles. The molecular formula is C14H10N4O5. The molecule has 3 rings (SSSR count). The molecule has 0 aliphatic rings. The number of rotatable bonds is 4. The van der Waals surface area contributed by atoms with E-state index in [0.29, 0.717) is 11.3 Å². The second-order valence-corrected chi connectivity index (χ2v) is 4.60. The lowest BCUT2D eigenvalue weighted by Crippen LogP contribution is -2.12. The zero-order valence-corrected chi connectivity index (χ0v) is 11.8. The van der Waals surface area contributed by atoms with Gasteiger partial charge in [0.25, 0.3) is 17.5 Å². The molecule has 2 heterocycles. The van der Waals surface area contributed by atoms with Crippen LogP contribution >= 0.6 is 0 Å². The quantitative estimate of drug-likeness (QED) is 0.579. The molecule has 0 aliphatic heterocycles. The van der Waals surface area contributed by atoms with E-state index >= 15 is 0 Å². The Bertz CT molecular complexity index is 869. The zero-order chi connectivity index (χ0) is 16.4. The SMILES string of the molecule is Cc1ccc(C(=O)Nc2nnc(-c3ccco3)o2)cc1[N+](=O)[O-]. The second kappa shape index (κ2) is 5.72. The third kappa shape index (κ3) is 2.93. The molecule has 0 unspecified atom stereocenters. The molecule has 0 fully saturated rings. The van der Waals surface area contributed by atoms with Crippen molar-refractivity contribution in [3.63, 3.8) is 0 Å². The maximum atomic E-state index is 12.1. The molecule has 0 bridgehead atoms. The fraction of sp³-hybridized carbons (Fsp3) is 0.0714. The number of benzene rings is 1. The number of anilines is 1. The van der Waals surface area contributed by atoms with Crippen LogP contribution in [-0.2, 0) is 0 Å². The van der Waals surface area contributed by atoms with Crippen LogP contribution in [-0.4, -0.2) is 21.0 Å². The summed E-state index contributed by atoms with van der Waals surface area (Å²) in [5.74, 6) is -0.119. The summed E-state index contributed by atoms with van der Waals surface area (Å²) in [5.41, 5.74) is 0.434. The second-order valence-electron chi connectivity index (χ2n) is 4.60. The highest BCUT2D eigenvalue weighted by Crippen LogP contribution is 2.22. The Labute approximate surface area is 129 Å². The van der Waals surface area contributed by atoms with Crippen LogP contribution in [0.2, 0.25) is 0 Å². The van der Waals surface area contributed by atoms with Crippen LogP contribution in [0.1, 0.15) is 15.9 Å². The summed E-state index contributed by atoms with van der Waals surface area (Å²) in [6, 6.07) is 7.31. The number of furan rings is 1. The first-order valence-electron chi connectivity index (χ1n) is 6.48. The van der Waals surface area contributed by atoms with Crippen LogP contribution in [0.4, 0.5) is 11.7 Å². The molecule has 0 atom stereocenters. The Morgan fingerprint density at radius 1 is 1.30 bits per heavy atom. The molecular weight excluding hydrogens is 304 g/mol. The van der Waals surface area contributed by atoms with Crippen molar-refractivity contribution in [1.29, 1.82) is 0 Å². The van der Waals surface area contributed by atoms with Gasteiger partial charge in [0.15, 0.2) is 5.76 Å². The van der Waals surface area contributed by atoms with Gasteiger partial charge in [0.2, 0.25) is 0 Å². The number of aromatic nitrogens is 2.